The maximum absolute atomic E-state index is 12.8. The van der Waals surface area contributed by atoms with Gasteiger partial charge in [-0.15, -0.1) is 11.3 Å². The van der Waals surface area contributed by atoms with Crippen molar-refractivity contribution >= 4 is 17.6 Å². The smallest absolute Gasteiger partial charge is 0.261 e. The lowest BCUT2D eigenvalue weighted by molar-refractivity contribution is -0.137. The van der Waals surface area contributed by atoms with Crippen molar-refractivity contribution in [1.29, 1.82) is 0 Å². The maximum atomic E-state index is 12.8. The van der Waals surface area contributed by atoms with Crippen LogP contribution in [0.3, 0.4) is 0 Å². The molecule has 0 saturated heterocycles. The van der Waals surface area contributed by atoms with Crippen LogP contribution < -0.4 is 4.80 Å². The topological polar surface area (TPSA) is 29.6 Å². The first-order valence-corrected chi connectivity index (χ1v) is 8.27. The van der Waals surface area contributed by atoms with E-state index in [2.05, 4.69) is 10.1 Å². The third-order valence-electron chi connectivity index (χ3n) is 3.48. The largest absolute Gasteiger partial charge is 0.416 e. The van der Waals surface area contributed by atoms with Gasteiger partial charge < -0.3 is 0 Å². The van der Waals surface area contributed by atoms with Gasteiger partial charge >= 0.3 is 6.18 Å². The number of halogens is 3. The second-order valence-corrected chi connectivity index (χ2v) is 6.01. The molecule has 0 amide bonds. The highest BCUT2D eigenvalue weighted by Gasteiger charge is 2.30. The van der Waals surface area contributed by atoms with Crippen LogP contribution in [0.5, 0.6) is 0 Å². The van der Waals surface area contributed by atoms with E-state index in [0.29, 0.717) is 10.4 Å². The van der Waals surface area contributed by atoms with E-state index < -0.39 is 11.7 Å². The van der Waals surface area contributed by atoms with Crippen LogP contribution in [0.2, 0.25) is 0 Å². The minimum Gasteiger partial charge on any atom is -0.261 e. The van der Waals surface area contributed by atoms with E-state index in [0.717, 1.165) is 23.4 Å². The van der Waals surface area contributed by atoms with Crippen LogP contribution in [0.15, 0.2) is 70.1 Å². The van der Waals surface area contributed by atoms with Gasteiger partial charge in [-0.2, -0.15) is 18.3 Å². The fourth-order valence-electron chi connectivity index (χ4n) is 2.29. The van der Waals surface area contributed by atoms with Gasteiger partial charge in [0.1, 0.15) is 0 Å². The summed E-state index contributed by atoms with van der Waals surface area (Å²) in [6.45, 7) is 0. The number of aromatic nitrogens is 1. The van der Waals surface area contributed by atoms with Crippen molar-refractivity contribution in [1.82, 2.24) is 4.68 Å². The Morgan fingerprint density at radius 3 is 2.48 bits per heavy atom. The van der Waals surface area contributed by atoms with Crippen LogP contribution in [-0.4, -0.2) is 17.9 Å². The lowest BCUT2D eigenvalue weighted by Gasteiger charge is -2.07. The van der Waals surface area contributed by atoms with Crippen molar-refractivity contribution < 1.29 is 13.2 Å². The molecule has 0 aliphatic rings. The highest BCUT2D eigenvalue weighted by molar-refractivity contribution is 7.07. The predicted octanol–water partition coefficient (Wildman–Crippen LogP) is 4.65. The molecule has 0 atom stereocenters. The van der Waals surface area contributed by atoms with E-state index in [1.807, 2.05) is 35.7 Å². The van der Waals surface area contributed by atoms with Crippen molar-refractivity contribution in [2.45, 2.75) is 6.18 Å². The standard InChI is InChI=1S/C18H14F3N3S/c1-22-17-24(16(12-25-17)14-7-3-2-4-8-14)23-11-13-6-5-9-15(10-13)18(19,20)21/h2-12H,1H3. The predicted molar refractivity (Wildman–Crippen MR) is 93.7 cm³/mol. The third kappa shape index (κ3) is 3.88. The van der Waals surface area contributed by atoms with Crippen molar-refractivity contribution in [2.75, 3.05) is 7.05 Å². The first-order valence-electron chi connectivity index (χ1n) is 7.39. The summed E-state index contributed by atoms with van der Waals surface area (Å²) in [7, 11) is 1.65. The molecule has 0 aliphatic carbocycles. The van der Waals surface area contributed by atoms with Crippen molar-refractivity contribution in [3.8, 4) is 11.3 Å². The van der Waals surface area contributed by atoms with Crippen LogP contribution in [0.25, 0.3) is 11.3 Å². The molecule has 0 bridgehead atoms. The average Bonchev–Trinajstić information content (AvgIpc) is 3.03. The van der Waals surface area contributed by atoms with E-state index in [1.165, 1.54) is 23.6 Å². The van der Waals surface area contributed by atoms with Gasteiger partial charge in [-0.3, -0.25) is 4.99 Å². The maximum Gasteiger partial charge on any atom is 0.416 e. The fourth-order valence-corrected chi connectivity index (χ4v) is 3.09. The SMILES string of the molecule is CN=c1scc(-c2ccccc2)n1N=Cc1cccc(C(F)(F)F)c1. The van der Waals surface area contributed by atoms with E-state index in [1.54, 1.807) is 17.8 Å². The lowest BCUT2D eigenvalue weighted by Crippen LogP contribution is -2.11. The average molecular weight is 361 g/mol. The van der Waals surface area contributed by atoms with Gasteiger partial charge in [0.2, 0.25) is 4.80 Å². The van der Waals surface area contributed by atoms with Gasteiger partial charge in [0.15, 0.2) is 0 Å². The molecule has 0 unspecified atom stereocenters. The molecule has 0 N–H and O–H groups in total. The number of thiazole rings is 1. The molecule has 0 aliphatic heterocycles. The molecule has 3 nitrogen and oxygen atoms in total. The summed E-state index contributed by atoms with van der Waals surface area (Å²) in [4.78, 5) is 4.83. The zero-order valence-corrected chi connectivity index (χ0v) is 14.1. The zero-order valence-electron chi connectivity index (χ0n) is 13.2. The summed E-state index contributed by atoms with van der Waals surface area (Å²) in [5.41, 5.74) is 1.45. The van der Waals surface area contributed by atoms with Gasteiger partial charge in [0.25, 0.3) is 0 Å². The Morgan fingerprint density at radius 2 is 1.80 bits per heavy atom. The number of hydrogen-bond donors (Lipinski definition) is 0. The number of hydrogen-bond acceptors (Lipinski definition) is 3. The number of benzene rings is 2. The molecule has 3 aromatic rings. The summed E-state index contributed by atoms with van der Waals surface area (Å²) in [5, 5.41) is 6.27. The molecule has 7 heteroatoms. The highest BCUT2D eigenvalue weighted by Crippen LogP contribution is 2.29. The van der Waals surface area contributed by atoms with Crippen LogP contribution in [0, 0.1) is 0 Å². The molecule has 2 aromatic carbocycles. The lowest BCUT2D eigenvalue weighted by atomic mass is 10.1. The van der Waals surface area contributed by atoms with Crippen molar-refractivity contribution in [3.63, 3.8) is 0 Å². The minimum atomic E-state index is -4.38. The molecule has 0 saturated carbocycles. The normalized spacial score (nSPS) is 12.9. The number of rotatable bonds is 3. The van der Waals surface area contributed by atoms with Gasteiger partial charge in [-0.1, -0.05) is 42.5 Å². The van der Waals surface area contributed by atoms with Crippen molar-refractivity contribution in [2.24, 2.45) is 10.1 Å². The van der Waals surface area contributed by atoms with Gasteiger partial charge in [0.05, 0.1) is 17.5 Å². The molecule has 0 spiro atoms. The summed E-state index contributed by atoms with van der Waals surface area (Å²) in [6.07, 6.45) is -2.97. The van der Waals surface area contributed by atoms with E-state index in [9.17, 15) is 13.2 Å². The third-order valence-corrected chi connectivity index (χ3v) is 4.39. The Balaban J connectivity index is 2.01. The molecular weight excluding hydrogens is 347 g/mol. The monoisotopic (exact) mass is 361 g/mol. The van der Waals surface area contributed by atoms with Gasteiger partial charge in [-0.05, 0) is 17.7 Å². The molecule has 1 heterocycles. The molecule has 3 rings (SSSR count). The Hall–Kier alpha value is -2.67. The highest BCUT2D eigenvalue weighted by atomic mass is 32.1. The molecule has 0 fully saturated rings. The van der Waals surface area contributed by atoms with Crippen LogP contribution >= 0.6 is 11.3 Å². The molecular formula is C18H14F3N3S. The Bertz CT molecular complexity index is 953. The van der Waals surface area contributed by atoms with Crippen LogP contribution in [0.4, 0.5) is 13.2 Å². The number of nitrogens with zero attached hydrogens (tertiary/aromatic N) is 3. The first-order chi connectivity index (χ1) is 12.0. The summed E-state index contributed by atoms with van der Waals surface area (Å²) in [6, 6.07) is 14.7. The number of alkyl halides is 3. The van der Waals surface area contributed by atoms with Crippen LogP contribution in [0.1, 0.15) is 11.1 Å². The van der Waals surface area contributed by atoms with E-state index in [4.69, 9.17) is 0 Å². The van der Waals surface area contributed by atoms with Gasteiger partial charge in [0, 0.05) is 18.0 Å². The van der Waals surface area contributed by atoms with Crippen LogP contribution in [-0.2, 0) is 6.18 Å². The first kappa shape index (κ1) is 17.2. The Morgan fingerprint density at radius 1 is 1.04 bits per heavy atom. The van der Waals surface area contributed by atoms with Gasteiger partial charge in [-0.25, -0.2) is 4.68 Å². The van der Waals surface area contributed by atoms with E-state index >= 15 is 0 Å². The Labute approximate surface area is 146 Å². The molecule has 1 aromatic heterocycles. The second-order valence-electron chi connectivity index (χ2n) is 5.17. The second kappa shape index (κ2) is 7.06. The summed E-state index contributed by atoms with van der Waals surface area (Å²) in [5.74, 6) is 0. The fraction of sp³-hybridized carbons (Fsp3) is 0.111. The summed E-state index contributed by atoms with van der Waals surface area (Å²) < 4.78 is 40.1. The van der Waals surface area contributed by atoms with E-state index in [-0.39, 0.29) is 0 Å². The Kier molecular flexibility index (Phi) is 4.85. The molecule has 0 radical (unpaired) electrons. The molecule has 128 valence electrons. The quantitative estimate of drug-likeness (QED) is 0.608. The molecule has 25 heavy (non-hydrogen) atoms. The summed E-state index contributed by atoms with van der Waals surface area (Å²) >= 11 is 1.42. The zero-order chi connectivity index (χ0) is 17.9. The van der Waals surface area contributed by atoms with Crippen molar-refractivity contribution in [3.05, 3.63) is 75.9 Å². The minimum absolute atomic E-state index is 0.370.